The highest BCUT2D eigenvalue weighted by Crippen LogP contribution is 2.37. The Bertz CT molecular complexity index is 1080. The molecule has 1 aliphatic rings. The number of halogens is 1. The summed E-state index contributed by atoms with van der Waals surface area (Å²) >= 11 is 7.14. The van der Waals surface area contributed by atoms with Gasteiger partial charge in [-0.15, -0.1) is 0 Å². The molecule has 1 amide bonds. The Morgan fingerprint density at radius 1 is 1.35 bits per heavy atom. The Kier molecular flexibility index (Phi) is 3.58. The van der Waals surface area contributed by atoms with Crippen LogP contribution in [0.15, 0.2) is 47.3 Å². The van der Waals surface area contributed by atoms with Crippen LogP contribution in [0.4, 0.5) is 0 Å². The van der Waals surface area contributed by atoms with Crippen molar-refractivity contribution < 1.29 is 9.21 Å². The highest BCUT2D eigenvalue weighted by atomic mass is 35.5. The van der Waals surface area contributed by atoms with Crippen LogP contribution in [-0.4, -0.2) is 32.3 Å². The molecule has 0 saturated carbocycles. The molecular formula is C18H13ClN4O2S. The summed E-state index contributed by atoms with van der Waals surface area (Å²) in [5.41, 5.74) is 2.62. The second-order valence-electron chi connectivity index (χ2n) is 6.07. The second kappa shape index (κ2) is 5.96. The van der Waals surface area contributed by atoms with Gasteiger partial charge in [-0.1, -0.05) is 41.1 Å². The smallest absolute Gasteiger partial charge is 0.283 e. The highest BCUT2D eigenvalue weighted by Gasteiger charge is 2.37. The fourth-order valence-electron chi connectivity index (χ4n) is 3.40. The summed E-state index contributed by atoms with van der Waals surface area (Å²) in [5, 5.41) is 1.37. The number of hydrogen-bond donors (Lipinski definition) is 1. The van der Waals surface area contributed by atoms with Crippen LogP contribution in [0.1, 0.15) is 33.0 Å². The van der Waals surface area contributed by atoms with Crippen molar-refractivity contribution >= 4 is 39.8 Å². The lowest BCUT2D eigenvalue weighted by Gasteiger charge is -2.33. The Balaban J connectivity index is 1.63. The van der Waals surface area contributed by atoms with Gasteiger partial charge in [0, 0.05) is 24.0 Å². The van der Waals surface area contributed by atoms with Crippen LogP contribution >= 0.6 is 22.9 Å². The molecule has 0 spiro atoms. The molecule has 130 valence electrons. The summed E-state index contributed by atoms with van der Waals surface area (Å²) in [5.74, 6) is 0.524. The average molecular weight is 385 g/mol. The quantitative estimate of drug-likeness (QED) is 0.565. The topological polar surface area (TPSA) is 75.0 Å². The van der Waals surface area contributed by atoms with Crippen LogP contribution in [0.2, 0.25) is 4.34 Å². The van der Waals surface area contributed by atoms with E-state index in [-0.39, 0.29) is 5.91 Å². The van der Waals surface area contributed by atoms with E-state index in [1.807, 2.05) is 30.3 Å². The summed E-state index contributed by atoms with van der Waals surface area (Å²) in [6.45, 7) is 0.549. The number of thiazole rings is 1. The first kappa shape index (κ1) is 15.6. The van der Waals surface area contributed by atoms with E-state index in [9.17, 15) is 4.79 Å². The SMILES string of the molecule is O=C(c1ncc(Cl)s1)N1CCc2[nH]cnc2[C@H]1c1cc2ccccc2o1. The number of nitrogens with one attached hydrogen (secondary N) is 1. The van der Waals surface area contributed by atoms with Crippen molar-refractivity contribution in [1.29, 1.82) is 0 Å². The van der Waals surface area contributed by atoms with Crippen LogP contribution in [0.25, 0.3) is 11.0 Å². The van der Waals surface area contributed by atoms with Gasteiger partial charge < -0.3 is 14.3 Å². The summed E-state index contributed by atoms with van der Waals surface area (Å²) in [6.07, 6.45) is 3.87. The molecule has 6 nitrogen and oxygen atoms in total. The maximum Gasteiger partial charge on any atom is 0.283 e. The molecule has 0 radical (unpaired) electrons. The van der Waals surface area contributed by atoms with Crippen molar-refractivity contribution in [2.24, 2.45) is 0 Å². The predicted molar refractivity (Wildman–Crippen MR) is 98.5 cm³/mol. The Morgan fingerprint density at radius 2 is 2.23 bits per heavy atom. The lowest BCUT2D eigenvalue weighted by atomic mass is 10.00. The van der Waals surface area contributed by atoms with E-state index in [0.29, 0.717) is 28.1 Å². The van der Waals surface area contributed by atoms with Gasteiger partial charge in [0.25, 0.3) is 5.91 Å². The third-order valence-corrected chi connectivity index (χ3v) is 5.66. The molecule has 5 rings (SSSR count). The summed E-state index contributed by atoms with van der Waals surface area (Å²) in [7, 11) is 0. The zero-order valence-electron chi connectivity index (χ0n) is 13.5. The molecule has 26 heavy (non-hydrogen) atoms. The molecule has 1 aliphatic heterocycles. The Morgan fingerprint density at radius 3 is 3.04 bits per heavy atom. The second-order valence-corrected chi connectivity index (χ2v) is 7.74. The summed E-state index contributed by atoms with van der Waals surface area (Å²) in [4.78, 5) is 26.6. The first-order valence-corrected chi connectivity index (χ1v) is 9.33. The molecule has 1 N–H and O–H groups in total. The number of fused-ring (bicyclic) bond motifs is 2. The molecule has 0 aliphatic carbocycles. The number of H-pyrrole nitrogens is 1. The highest BCUT2D eigenvalue weighted by molar-refractivity contribution is 7.17. The number of amides is 1. The number of aromatic nitrogens is 3. The fourth-order valence-corrected chi connectivity index (χ4v) is 4.27. The van der Waals surface area contributed by atoms with E-state index in [1.54, 1.807) is 11.2 Å². The molecule has 1 aromatic carbocycles. The van der Waals surface area contributed by atoms with Crippen LogP contribution in [0.3, 0.4) is 0 Å². The number of carbonyl (C=O) groups excluding carboxylic acids is 1. The lowest BCUT2D eigenvalue weighted by Crippen LogP contribution is -2.40. The van der Waals surface area contributed by atoms with Crippen molar-refractivity contribution in [3.8, 4) is 0 Å². The largest absolute Gasteiger partial charge is 0.458 e. The Labute approximate surface area is 157 Å². The molecular weight excluding hydrogens is 372 g/mol. The normalized spacial score (nSPS) is 16.8. The number of aromatic amines is 1. The van der Waals surface area contributed by atoms with Gasteiger partial charge in [-0.25, -0.2) is 9.97 Å². The van der Waals surface area contributed by atoms with Crippen LogP contribution in [0, 0.1) is 0 Å². The van der Waals surface area contributed by atoms with Gasteiger partial charge >= 0.3 is 0 Å². The van der Waals surface area contributed by atoms with E-state index in [4.69, 9.17) is 16.0 Å². The first-order valence-electron chi connectivity index (χ1n) is 8.13. The standard InChI is InChI=1S/C18H13ClN4O2S/c19-14-8-20-17(26-14)18(24)23-6-5-11-15(22-9-21-11)16(23)13-7-10-3-1-2-4-12(10)25-13/h1-4,7-9,16H,5-6H2,(H,21,22)/t16-/m1/s1. The molecule has 3 aromatic heterocycles. The fraction of sp³-hybridized carbons (Fsp3) is 0.167. The van der Waals surface area contributed by atoms with E-state index >= 15 is 0 Å². The van der Waals surface area contributed by atoms with Gasteiger partial charge in [0.1, 0.15) is 21.7 Å². The monoisotopic (exact) mass is 384 g/mol. The zero-order chi connectivity index (χ0) is 17.7. The number of nitrogens with zero attached hydrogens (tertiary/aromatic N) is 3. The third-order valence-electron chi connectivity index (χ3n) is 4.56. The molecule has 8 heteroatoms. The molecule has 0 bridgehead atoms. The maximum atomic E-state index is 13.1. The van der Waals surface area contributed by atoms with Crippen molar-refractivity contribution in [2.45, 2.75) is 12.5 Å². The third kappa shape index (κ3) is 2.43. The minimum Gasteiger partial charge on any atom is -0.458 e. The summed E-state index contributed by atoms with van der Waals surface area (Å²) < 4.78 is 6.56. The molecule has 0 saturated heterocycles. The molecule has 4 aromatic rings. The van der Waals surface area contributed by atoms with Crippen LogP contribution in [-0.2, 0) is 6.42 Å². The lowest BCUT2D eigenvalue weighted by molar-refractivity contribution is 0.0672. The molecule has 0 unspecified atom stereocenters. The van der Waals surface area contributed by atoms with Crippen LogP contribution < -0.4 is 0 Å². The van der Waals surface area contributed by atoms with Gasteiger partial charge in [0.2, 0.25) is 0 Å². The van der Waals surface area contributed by atoms with Gasteiger partial charge in [-0.3, -0.25) is 4.79 Å². The average Bonchev–Trinajstić information content (AvgIpc) is 3.38. The predicted octanol–water partition coefficient (Wildman–Crippen LogP) is 4.05. The van der Waals surface area contributed by atoms with Crippen molar-refractivity contribution in [3.05, 3.63) is 69.3 Å². The van der Waals surface area contributed by atoms with Gasteiger partial charge in [0.15, 0.2) is 5.01 Å². The Hall–Kier alpha value is -2.64. The van der Waals surface area contributed by atoms with Crippen LogP contribution in [0.5, 0.6) is 0 Å². The van der Waals surface area contributed by atoms with E-state index in [0.717, 1.165) is 22.4 Å². The molecule has 0 fully saturated rings. The number of carbonyl (C=O) groups is 1. The molecule has 4 heterocycles. The van der Waals surface area contributed by atoms with Crippen molar-refractivity contribution in [3.63, 3.8) is 0 Å². The number of rotatable bonds is 2. The number of benzene rings is 1. The van der Waals surface area contributed by atoms with Crippen molar-refractivity contribution in [2.75, 3.05) is 6.54 Å². The maximum absolute atomic E-state index is 13.1. The minimum atomic E-state index is -0.396. The van der Waals surface area contributed by atoms with E-state index in [2.05, 4.69) is 15.0 Å². The number of hydrogen-bond acceptors (Lipinski definition) is 5. The zero-order valence-corrected chi connectivity index (χ0v) is 15.0. The number of furan rings is 1. The number of para-hydroxylation sites is 1. The number of imidazole rings is 1. The minimum absolute atomic E-state index is 0.166. The first-order chi connectivity index (χ1) is 12.7. The van der Waals surface area contributed by atoms with Crippen molar-refractivity contribution in [1.82, 2.24) is 19.9 Å². The van der Waals surface area contributed by atoms with E-state index < -0.39 is 6.04 Å². The summed E-state index contributed by atoms with van der Waals surface area (Å²) in [6, 6.07) is 9.37. The van der Waals surface area contributed by atoms with Gasteiger partial charge in [-0.2, -0.15) is 0 Å². The van der Waals surface area contributed by atoms with Gasteiger partial charge in [0.05, 0.1) is 18.2 Å². The van der Waals surface area contributed by atoms with E-state index in [1.165, 1.54) is 17.5 Å². The molecule has 1 atom stereocenters. The van der Waals surface area contributed by atoms with Gasteiger partial charge in [-0.05, 0) is 12.1 Å².